The molecule has 0 fully saturated rings. The predicted molar refractivity (Wildman–Crippen MR) is 129 cm³/mol. The van der Waals surface area contributed by atoms with Gasteiger partial charge in [0.1, 0.15) is 0 Å². The molecule has 0 saturated heterocycles. The highest BCUT2D eigenvalue weighted by Gasteiger charge is 2.13. The molecule has 4 rings (SSSR count). The van der Waals surface area contributed by atoms with Crippen LogP contribution in [0.1, 0.15) is 15.9 Å². The Morgan fingerprint density at radius 1 is 0.562 bits per heavy atom. The van der Waals surface area contributed by atoms with E-state index >= 15 is 0 Å². The van der Waals surface area contributed by atoms with E-state index in [2.05, 4.69) is 16.0 Å². The molecule has 0 radical (unpaired) electrons. The zero-order chi connectivity index (χ0) is 22.2. The van der Waals surface area contributed by atoms with Gasteiger partial charge in [0.15, 0.2) is 0 Å². The number of para-hydroxylation sites is 2. The van der Waals surface area contributed by atoms with E-state index in [4.69, 9.17) is 0 Å². The molecule has 5 nitrogen and oxygen atoms in total. The number of anilines is 4. The molecule has 32 heavy (non-hydrogen) atoms. The van der Waals surface area contributed by atoms with Gasteiger partial charge in [0.05, 0.1) is 17.7 Å². The van der Waals surface area contributed by atoms with E-state index in [-0.39, 0.29) is 18.2 Å². The van der Waals surface area contributed by atoms with Crippen molar-refractivity contribution in [2.45, 2.75) is 6.42 Å². The van der Waals surface area contributed by atoms with Crippen LogP contribution in [0.15, 0.2) is 109 Å². The first-order valence-electron chi connectivity index (χ1n) is 10.3. The Kier molecular flexibility index (Phi) is 6.58. The van der Waals surface area contributed by atoms with E-state index in [9.17, 15) is 9.59 Å². The van der Waals surface area contributed by atoms with E-state index in [1.165, 1.54) is 0 Å². The number of amides is 2. The Balaban J connectivity index is 1.40. The third kappa shape index (κ3) is 5.61. The lowest BCUT2D eigenvalue weighted by Gasteiger charge is -2.12. The Hall–Kier alpha value is -4.38. The molecular weight excluding hydrogens is 398 g/mol. The second-order valence-corrected chi connectivity index (χ2v) is 7.28. The van der Waals surface area contributed by atoms with Crippen LogP contribution in [-0.2, 0) is 11.2 Å². The molecular formula is C27H23N3O2. The SMILES string of the molecule is O=C(Cc1ccccc1)Nc1ccccc1C(=O)Nc1ccc(Nc2ccccc2)cc1. The largest absolute Gasteiger partial charge is 0.356 e. The molecule has 4 aromatic rings. The fourth-order valence-electron chi connectivity index (χ4n) is 3.29. The summed E-state index contributed by atoms with van der Waals surface area (Å²) in [6, 6.07) is 33.8. The molecule has 5 heteroatoms. The Labute approximate surface area is 187 Å². The first-order chi connectivity index (χ1) is 15.7. The molecule has 0 bridgehead atoms. The smallest absolute Gasteiger partial charge is 0.257 e. The van der Waals surface area contributed by atoms with Crippen LogP contribution in [0.25, 0.3) is 0 Å². The minimum atomic E-state index is -0.288. The van der Waals surface area contributed by atoms with Crippen LogP contribution in [-0.4, -0.2) is 11.8 Å². The summed E-state index contributed by atoms with van der Waals surface area (Å²) in [5.41, 5.74) is 4.37. The molecule has 3 N–H and O–H groups in total. The van der Waals surface area contributed by atoms with E-state index in [1.807, 2.05) is 84.9 Å². The average Bonchev–Trinajstić information content (AvgIpc) is 2.82. The molecule has 0 unspecified atom stereocenters. The minimum Gasteiger partial charge on any atom is -0.356 e. The van der Waals surface area contributed by atoms with Crippen molar-refractivity contribution < 1.29 is 9.59 Å². The zero-order valence-corrected chi connectivity index (χ0v) is 17.4. The van der Waals surface area contributed by atoms with Crippen LogP contribution in [0.5, 0.6) is 0 Å². The van der Waals surface area contributed by atoms with Crippen molar-refractivity contribution in [3.05, 3.63) is 120 Å². The predicted octanol–water partition coefficient (Wildman–Crippen LogP) is 5.86. The van der Waals surface area contributed by atoms with Gasteiger partial charge in [0.2, 0.25) is 5.91 Å². The summed E-state index contributed by atoms with van der Waals surface area (Å²) in [6.45, 7) is 0. The lowest BCUT2D eigenvalue weighted by Crippen LogP contribution is -2.19. The van der Waals surface area contributed by atoms with Crippen molar-refractivity contribution in [3.8, 4) is 0 Å². The first-order valence-corrected chi connectivity index (χ1v) is 10.3. The number of rotatable bonds is 7. The van der Waals surface area contributed by atoms with Crippen molar-refractivity contribution in [3.63, 3.8) is 0 Å². The maximum Gasteiger partial charge on any atom is 0.257 e. The van der Waals surface area contributed by atoms with Gasteiger partial charge in [-0.05, 0) is 54.1 Å². The number of nitrogens with one attached hydrogen (secondary N) is 3. The fraction of sp³-hybridized carbons (Fsp3) is 0.0370. The van der Waals surface area contributed by atoms with Crippen molar-refractivity contribution >= 4 is 34.6 Å². The summed E-state index contributed by atoms with van der Waals surface area (Å²) in [5, 5.41) is 9.05. The van der Waals surface area contributed by atoms with E-state index in [1.54, 1.807) is 24.3 Å². The summed E-state index contributed by atoms with van der Waals surface area (Å²) in [5.74, 6) is -0.461. The highest BCUT2D eigenvalue weighted by atomic mass is 16.2. The maximum absolute atomic E-state index is 12.9. The Morgan fingerprint density at radius 3 is 1.84 bits per heavy atom. The number of hydrogen-bond acceptors (Lipinski definition) is 3. The minimum absolute atomic E-state index is 0.173. The molecule has 158 valence electrons. The van der Waals surface area contributed by atoms with E-state index < -0.39 is 0 Å². The standard InChI is InChI=1S/C27H23N3O2/c31-26(19-20-9-3-1-4-10-20)30-25-14-8-7-13-24(25)27(32)29-23-17-15-22(16-18-23)28-21-11-5-2-6-12-21/h1-18,28H,19H2,(H,29,32)(H,30,31). The summed E-state index contributed by atoms with van der Waals surface area (Å²) in [7, 11) is 0. The summed E-state index contributed by atoms with van der Waals surface area (Å²) < 4.78 is 0. The second-order valence-electron chi connectivity index (χ2n) is 7.28. The monoisotopic (exact) mass is 421 g/mol. The van der Waals surface area contributed by atoms with E-state index in [0.29, 0.717) is 16.9 Å². The summed E-state index contributed by atoms with van der Waals surface area (Å²) >= 11 is 0. The summed E-state index contributed by atoms with van der Waals surface area (Å²) in [6.07, 6.45) is 0.243. The van der Waals surface area contributed by atoms with Gasteiger partial charge in [-0.25, -0.2) is 0 Å². The molecule has 0 aliphatic heterocycles. The van der Waals surface area contributed by atoms with Gasteiger partial charge in [-0.15, -0.1) is 0 Å². The maximum atomic E-state index is 12.9. The first kappa shape index (κ1) is 20.9. The topological polar surface area (TPSA) is 70.2 Å². The molecule has 0 atom stereocenters. The highest BCUT2D eigenvalue weighted by molar-refractivity contribution is 6.10. The molecule has 0 saturated carbocycles. The van der Waals surface area contributed by atoms with Gasteiger partial charge in [0.25, 0.3) is 5.91 Å². The normalized spacial score (nSPS) is 10.2. The van der Waals surface area contributed by atoms with Gasteiger partial charge in [-0.2, -0.15) is 0 Å². The van der Waals surface area contributed by atoms with Crippen LogP contribution in [0.2, 0.25) is 0 Å². The lowest BCUT2D eigenvalue weighted by molar-refractivity contribution is -0.115. The van der Waals surface area contributed by atoms with Crippen molar-refractivity contribution in [2.75, 3.05) is 16.0 Å². The van der Waals surface area contributed by atoms with Crippen LogP contribution < -0.4 is 16.0 Å². The van der Waals surface area contributed by atoms with Gasteiger partial charge < -0.3 is 16.0 Å². The molecule has 0 aliphatic carbocycles. The van der Waals surface area contributed by atoms with Gasteiger partial charge in [-0.1, -0.05) is 60.7 Å². The van der Waals surface area contributed by atoms with Crippen LogP contribution in [0, 0.1) is 0 Å². The van der Waals surface area contributed by atoms with E-state index in [0.717, 1.165) is 16.9 Å². The molecule has 0 spiro atoms. The zero-order valence-electron chi connectivity index (χ0n) is 17.4. The number of benzene rings is 4. The van der Waals surface area contributed by atoms with Crippen LogP contribution >= 0.6 is 0 Å². The van der Waals surface area contributed by atoms with Gasteiger partial charge in [0, 0.05) is 17.1 Å². The van der Waals surface area contributed by atoms with Crippen LogP contribution in [0.4, 0.5) is 22.7 Å². The van der Waals surface area contributed by atoms with Crippen molar-refractivity contribution in [2.24, 2.45) is 0 Å². The Morgan fingerprint density at radius 2 is 1.12 bits per heavy atom. The van der Waals surface area contributed by atoms with Crippen molar-refractivity contribution in [1.29, 1.82) is 0 Å². The fourth-order valence-corrected chi connectivity index (χ4v) is 3.29. The third-order valence-electron chi connectivity index (χ3n) is 4.86. The molecule has 0 aliphatic rings. The molecule has 0 heterocycles. The molecule has 0 aromatic heterocycles. The van der Waals surface area contributed by atoms with Crippen molar-refractivity contribution in [1.82, 2.24) is 0 Å². The Bertz CT molecular complexity index is 1190. The number of carbonyl (C=O) groups excluding carboxylic acids is 2. The van der Waals surface area contributed by atoms with Gasteiger partial charge >= 0.3 is 0 Å². The van der Waals surface area contributed by atoms with Gasteiger partial charge in [-0.3, -0.25) is 9.59 Å². The molecule has 4 aromatic carbocycles. The second kappa shape index (κ2) is 10.1. The number of carbonyl (C=O) groups is 2. The average molecular weight is 422 g/mol. The third-order valence-corrected chi connectivity index (χ3v) is 4.86. The van der Waals surface area contributed by atoms with Crippen LogP contribution in [0.3, 0.4) is 0 Å². The lowest BCUT2D eigenvalue weighted by atomic mass is 10.1. The quantitative estimate of drug-likeness (QED) is 0.350. The highest BCUT2D eigenvalue weighted by Crippen LogP contribution is 2.21. The molecule has 2 amide bonds. The number of hydrogen-bond donors (Lipinski definition) is 3. The summed E-state index contributed by atoms with van der Waals surface area (Å²) in [4.78, 5) is 25.3.